The van der Waals surface area contributed by atoms with Gasteiger partial charge >= 0.3 is 0 Å². The van der Waals surface area contributed by atoms with Crippen molar-refractivity contribution in [3.05, 3.63) is 44.9 Å². The number of anilines is 1. The molecule has 0 atom stereocenters. The van der Waals surface area contributed by atoms with Gasteiger partial charge in [0, 0.05) is 24.0 Å². The summed E-state index contributed by atoms with van der Waals surface area (Å²) in [6.07, 6.45) is 3.13. The SMILES string of the molecule is CCc1nc(CNc2cc(C(=O)N3CCCC3)ccc2Cl)cs1. The number of thiazole rings is 1. The minimum Gasteiger partial charge on any atom is -0.378 e. The quantitative estimate of drug-likeness (QED) is 0.879. The molecule has 23 heavy (non-hydrogen) atoms. The molecule has 0 bridgehead atoms. The van der Waals surface area contributed by atoms with Crippen molar-refractivity contribution in [3.8, 4) is 0 Å². The van der Waals surface area contributed by atoms with E-state index in [4.69, 9.17) is 11.6 Å². The van der Waals surface area contributed by atoms with E-state index in [0.29, 0.717) is 17.1 Å². The first-order valence-electron chi connectivity index (χ1n) is 7.93. The summed E-state index contributed by atoms with van der Waals surface area (Å²) in [6.45, 7) is 4.41. The molecule has 0 saturated carbocycles. The van der Waals surface area contributed by atoms with Crippen molar-refractivity contribution in [2.24, 2.45) is 0 Å². The highest BCUT2D eigenvalue weighted by atomic mass is 35.5. The van der Waals surface area contributed by atoms with Crippen molar-refractivity contribution in [1.29, 1.82) is 0 Å². The highest BCUT2D eigenvalue weighted by Crippen LogP contribution is 2.25. The molecule has 0 unspecified atom stereocenters. The lowest BCUT2D eigenvalue weighted by molar-refractivity contribution is 0.0793. The van der Waals surface area contributed by atoms with Gasteiger partial charge in [0.2, 0.25) is 0 Å². The molecule has 6 heteroatoms. The number of rotatable bonds is 5. The van der Waals surface area contributed by atoms with Crippen LogP contribution in [0.15, 0.2) is 23.6 Å². The molecule has 0 aliphatic carbocycles. The van der Waals surface area contributed by atoms with E-state index in [0.717, 1.165) is 48.7 Å². The molecule has 1 aliphatic heterocycles. The van der Waals surface area contributed by atoms with Crippen LogP contribution in [-0.4, -0.2) is 28.9 Å². The summed E-state index contributed by atoms with van der Waals surface area (Å²) in [4.78, 5) is 18.9. The molecule has 2 aromatic rings. The summed E-state index contributed by atoms with van der Waals surface area (Å²) in [5.74, 6) is 0.0872. The fraction of sp³-hybridized carbons (Fsp3) is 0.412. The first-order chi connectivity index (χ1) is 11.2. The Morgan fingerprint density at radius 3 is 2.87 bits per heavy atom. The van der Waals surface area contributed by atoms with Crippen LogP contribution in [0.3, 0.4) is 0 Å². The van der Waals surface area contributed by atoms with Gasteiger partial charge in [0.1, 0.15) is 0 Å². The Morgan fingerprint density at radius 2 is 2.17 bits per heavy atom. The largest absolute Gasteiger partial charge is 0.378 e. The Balaban J connectivity index is 1.71. The van der Waals surface area contributed by atoms with E-state index in [1.165, 1.54) is 0 Å². The summed E-state index contributed by atoms with van der Waals surface area (Å²) < 4.78 is 0. The van der Waals surface area contributed by atoms with Crippen molar-refractivity contribution in [2.45, 2.75) is 32.7 Å². The maximum Gasteiger partial charge on any atom is 0.253 e. The van der Waals surface area contributed by atoms with Crippen molar-refractivity contribution >= 4 is 34.5 Å². The van der Waals surface area contributed by atoms with Crippen LogP contribution >= 0.6 is 22.9 Å². The van der Waals surface area contributed by atoms with Crippen LogP contribution in [0.25, 0.3) is 0 Å². The fourth-order valence-corrected chi connectivity index (χ4v) is 3.60. The van der Waals surface area contributed by atoms with Crippen LogP contribution in [0.4, 0.5) is 5.69 Å². The first kappa shape index (κ1) is 16.3. The van der Waals surface area contributed by atoms with E-state index in [2.05, 4.69) is 22.6 Å². The predicted molar refractivity (Wildman–Crippen MR) is 95.4 cm³/mol. The van der Waals surface area contributed by atoms with Gasteiger partial charge in [-0.2, -0.15) is 0 Å². The normalized spacial score (nSPS) is 14.3. The molecule has 1 saturated heterocycles. The lowest BCUT2D eigenvalue weighted by Crippen LogP contribution is -2.27. The van der Waals surface area contributed by atoms with Gasteiger partial charge in [0.05, 0.1) is 28.0 Å². The van der Waals surface area contributed by atoms with Gasteiger partial charge in [-0.05, 0) is 37.5 Å². The van der Waals surface area contributed by atoms with Gasteiger partial charge in [-0.3, -0.25) is 4.79 Å². The number of aryl methyl sites for hydroxylation is 1. The number of amides is 1. The van der Waals surface area contributed by atoms with Crippen LogP contribution in [0.5, 0.6) is 0 Å². The van der Waals surface area contributed by atoms with Crippen molar-refractivity contribution in [3.63, 3.8) is 0 Å². The number of halogens is 1. The molecule has 1 aromatic heterocycles. The second-order valence-corrected chi connectivity index (χ2v) is 6.98. The molecule has 1 aliphatic rings. The summed E-state index contributed by atoms with van der Waals surface area (Å²) in [5.41, 5.74) is 2.47. The van der Waals surface area contributed by atoms with Gasteiger partial charge in [-0.15, -0.1) is 11.3 Å². The second kappa shape index (κ2) is 7.32. The summed E-state index contributed by atoms with van der Waals surface area (Å²) >= 11 is 7.92. The van der Waals surface area contributed by atoms with Crippen LogP contribution in [-0.2, 0) is 13.0 Å². The van der Waals surface area contributed by atoms with E-state index < -0.39 is 0 Å². The van der Waals surface area contributed by atoms with Crippen LogP contribution in [0.2, 0.25) is 5.02 Å². The van der Waals surface area contributed by atoms with Crippen LogP contribution in [0.1, 0.15) is 40.8 Å². The van der Waals surface area contributed by atoms with Crippen molar-refractivity contribution in [2.75, 3.05) is 18.4 Å². The zero-order chi connectivity index (χ0) is 16.2. The molecule has 1 aromatic carbocycles. The molecule has 1 N–H and O–H groups in total. The number of aromatic nitrogens is 1. The highest BCUT2D eigenvalue weighted by molar-refractivity contribution is 7.09. The monoisotopic (exact) mass is 349 g/mol. The minimum atomic E-state index is 0.0872. The van der Waals surface area contributed by atoms with E-state index in [1.54, 1.807) is 23.5 Å². The van der Waals surface area contributed by atoms with Gasteiger partial charge < -0.3 is 10.2 Å². The maximum absolute atomic E-state index is 12.5. The standard InChI is InChI=1S/C17H20ClN3OS/c1-2-16-20-13(11-23-16)10-19-15-9-12(5-6-14(15)18)17(22)21-7-3-4-8-21/h5-6,9,11,19H,2-4,7-8,10H2,1H3. The lowest BCUT2D eigenvalue weighted by atomic mass is 10.1. The fourth-order valence-electron chi connectivity index (χ4n) is 2.67. The number of carbonyl (C=O) groups is 1. The molecule has 4 nitrogen and oxygen atoms in total. The number of nitrogens with zero attached hydrogens (tertiary/aromatic N) is 2. The zero-order valence-corrected chi connectivity index (χ0v) is 14.7. The molecular weight excluding hydrogens is 330 g/mol. The number of carbonyl (C=O) groups excluding carboxylic acids is 1. The number of nitrogens with one attached hydrogen (secondary N) is 1. The van der Waals surface area contributed by atoms with E-state index in [-0.39, 0.29) is 5.91 Å². The molecule has 2 heterocycles. The number of hydrogen-bond donors (Lipinski definition) is 1. The molecule has 1 amide bonds. The maximum atomic E-state index is 12.5. The third-order valence-electron chi connectivity index (χ3n) is 3.97. The minimum absolute atomic E-state index is 0.0872. The van der Waals surface area contributed by atoms with E-state index in [1.807, 2.05) is 11.0 Å². The average Bonchev–Trinajstić information content (AvgIpc) is 3.25. The first-order valence-corrected chi connectivity index (χ1v) is 9.19. The number of likely N-dealkylation sites (tertiary alicyclic amines) is 1. The Hall–Kier alpha value is -1.59. The molecule has 122 valence electrons. The molecule has 0 spiro atoms. The number of benzene rings is 1. The van der Waals surface area contributed by atoms with Gasteiger partial charge in [-0.25, -0.2) is 4.98 Å². The van der Waals surface area contributed by atoms with Crippen molar-refractivity contribution < 1.29 is 4.79 Å². The topological polar surface area (TPSA) is 45.2 Å². The zero-order valence-electron chi connectivity index (χ0n) is 13.1. The molecule has 1 fully saturated rings. The second-order valence-electron chi connectivity index (χ2n) is 5.63. The van der Waals surface area contributed by atoms with Crippen molar-refractivity contribution in [1.82, 2.24) is 9.88 Å². The molecule has 0 radical (unpaired) electrons. The Morgan fingerprint density at radius 1 is 1.39 bits per heavy atom. The van der Waals surface area contributed by atoms with E-state index >= 15 is 0 Å². The smallest absolute Gasteiger partial charge is 0.253 e. The van der Waals surface area contributed by atoms with Crippen LogP contribution < -0.4 is 5.32 Å². The van der Waals surface area contributed by atoms with Gasteiger partial charge in [0.25, 0.3) is 5.91 Å². The van der Waals surface area contributed by atoms with E-state index in [9.17, 15) is 4.79 Å². The Labute approximate surface area is 145 Å². The molecule has 3 rings (SSSR count). The summed E-state index contributed by atoms with van der Waals surface area (Å²) in [6, 6.07) is 5.42. The highest BCUT2D eigenvalue weighted by Gasteiger charge is 2.20. The van der Waals surface area contributed by atoms with Gasteiger partial charge in [-0.1, -0.05) is 18.5 Å². The summed E-state index contributed by atoms with van der Waals surface area (Å²) in [5, 5.41) is 7.10. The van der Waals surface area contributed by atoms with Crippen LogP contribution in [0, 0.1) is 0 Å². The third-order valence-corrected chi connectivity index (χ3v) is 5.34. The predicted octanol–water partition coefficient (Wildman–Crippen LogP) is 4.21. The lowest BCUT2D eigenvalue weighted by Gasteiger charge is -2.16. The summed E-state index contributed by atoms with van der Waals surface area (Å²) in [7, 11) is 0. The Kier molecular flexibility index (Phi) is 5.18. The third kappa shape index (κ3) is 3.85. The molecular formula is C17H20ClN3OS. The Bertz CT molecular complexity index is 695. The number of hydrogen-bond acceptors (Lipinski definition) is 4. The van der Waals surface area contributed by atoms with Gasteiger partial charge in [0.15, 0.2) is 0 Å². The average molecular weight is 350 g/mol.